The van der Waals surface area contributed by atoms with Crippen molar-refractivity contribution in [2.45, 2.75) is 26.2 Å². The van der Waals surface area contributed by atoms with Crippen LogP contribution in [-0.2, 0) is 6.42 Å². The van der Waals surface area contributed by atoms with Gasteiger partial charge in [-0.25, -0.2) is 9.48 Å². The van der Waals surface area contributed by atoms with E-state index in [4.69, 9.17) is 9.26 Å². The Balaban J connectivity index is 1.93. The van der Waals surface area contributed by atoms with Gasteiger partial charge in [-0.15, -0.1) is 5.10 Å². The molecule has 0 bridgehead atoms. The number of hydrogen-bond donors (Lipinski definition) is 1. The number of methoxy groups -OCH3 is 1. The number of carboxylic acid groups (broad SMARTS) is 1. The van der Waals surface area contributed by atoms with Gasteiger partial charge < -0.3 is 14.4 Å². The molecule has 29 heavy (non-hydrogen) atoms. The lowest BCUT2D eigenvalue weighted by Gasteiger charge is -2.11. The van der Waals surface area contributed by atoms with Gasteiger partial charge in [-0.1, -0.05) is 54.0 Å². The number of aromatic nitrogens is 4. The van der Waals surface area contributed by atoms with E-state index in [0.29, 0.717) is 34.8 Å². The van der Waals surface area contributed by atoms with Crippen LogP contribution < -0.4 is 4.74 Å². The highest BCUT2D eigenvalue weighted by atomic mass is 16.5. The van der Waals surface area contributed by atoms with Crippen molar-refractivity contribution in [3.63, 3.8) is 0 Å². The Morgan fingerprint density at radius 1 is 1.24 bits per heavy atom. The number of ether oxygens (including phenoxy) is 1. The summed E-state index contributed by atoms with van der Waals surface area (Å²) in [6.45, 7) is 2.05. The summed E-state index contributed by atoms with van der Waals surface area (Å²) >= 11 is 0. The number of aromatic carboxylic acids is 1. The largest absolute Gasteiger partial charge is 0.494 e. The second-order valence-corrected chi connectivity index (χ2v) is 6.62. The molecule has 8 nitrogen and oxygen atoms in total. The van der Waals surface area contributed by atoms with E-state index in [-0.39, 0.29) is 5.69 Å². The molecule has 0 aliphatic carbocycles. The first-order chi connectivity index (χ1) is 14.1. The minimum atomic E-state index is -1.10. The second-order valence-electron chi connectivity index (χ2n) is 6.62. The molecule has 0 saturated carbocycles. The van der Waals surface area contributed by atoms with Crippen molar-refractivity contribution in [2.24, 2.45) is 0 Å². The van der Waals surface area contributed by atoms with Gasteiger partial charge in [0.2, 0.25) is 0 Å². The van der Waals surface area contributed by atoms with Gasteiger partial charge in [0.25, 0.3) is 0 Å². The quantitative estimate of drug-likeness (QED) is 0.504. The van der Waals surface area contributed by atoms with Crippen LogP contribution >= 0.6 is 0 Å². The highest BCUT2D eigenvalue weighted by Gasteiger charge is 2.23. The first kappa shape index (κ1) is 18.7. The van der Waals surface area contributed by atoms with Crippen molar-refractivity contribution in [2.75, 3.05) is 7.11 Å². The van der Waals surface area contributed by atoms with Crippen LogP contribution in [0.3, 0.4) is 0 Å². The first-order valence-electron chi connectivity index (χ1n) is 9.35. The summed E-state index contributed by atoms with van der Waals surface area (Å²) in [4.78, 5) is 11.6. The van der Waals surface area contributed by atoms with Gasteiger partial charge in [-0.3, -0.25) is 0 Å². The van der Waals surface area contributed by atoms with E-state index < -0.39 is 5.97 Å². The van der Waals surface area contributed by atoms with Gasteiger partial charge in [0.05, 0.1) is 18.2 Å². The van der Waals surface area contributed by atoms with E-state index in [1.54, 1.807) is 17.9 Å². The van der Waals surface area contributed by atoms with Crippen LogP contribution in [0.4, 0.5) is 0 Å². The Labute approximate surface area is 166 Å². The fourth-order valence-electron chi connectivity index (χ4n) is 3.32. The van der Waals surface area contributed by atoms with Crippen LogP contribution in [0.2, 0.25) is 0 Å². The zero-order valence-corrected chi connectivity index (χ0v) is 16.1. The standard InChI is InChI=1S/C21H20N4O4/c1-3-4-10-16-19(21(26)27)22-24-25(16)17-11-14-15(12-18(17)28-2)23-29-20(14)13-8-6-5-7-9-13/h5-9,11-12H,3-4,10H2,1-2H3,(H,26,27). The highest BCUT2D eigenvalue weighted by Crippen LogP contribution is 2.35. The predicted molar refractivity (Wildman–Crippen MR) is 106 cm³/mol. The Bertz CT molecular complexity index is 1160. The van der Waals surface area contributed by atoms with Crippen LogP contribution in [-0.4, -0.2) is 38.3 Å². The average molecular weight is 392 g/mol. The number of rotatable bonds is 7. The summed E-state index contributed by atoms with van der Waals surface area (Å²) in [5, 5.41) is 22.4. The van der Waals surface area contributed by atoms with Crippen molar-refractivity contribution in [1.82, 2.24) is 20.2 Å². The number of hydrogen-bond acceptors (Lipinski definition) is 6. The van der Waals surface area contributed by atoms with Gasteiger partial charge >= 0.3 is 5.97 Å². The number of carboxylic acids is 1. The molecule has 0 radical (unpaired) electrons. The SMILES string of the molecule is CCCCc1c(C(=O)O)nnn1-c1cc2c(-c3ccccc3)onc2cc1OC. The molecule has 0 aliphatic rings. The lowest BCUT2D eigenvalue weighted by atomic mass is 10.1. The third-order valence-electron chi connectivity index (χ3n) is 4.77. The molecule has 0 fully saturated rings. The number of nitrogens with zero attached hydrogens (tertiary/aromatic N) is 4. The highest BCUT2D eigenvalue weighted by molar-refractivity contribution is 5.94. The van der Waals surface area contributed by atoms with Gasteiger partial charge in [-0.05, 0) is 18.9 Å². The molecule has 0 unspecified atom stereocenters. The molecule has 0 atom stereocenters. The monoisotopic (exact) mass is 392 g/mol. The molecule has 4 aromatic rings. The third kappa shape index (κ3) is 3.33. The maximum Gasteiger partial charge on any atom is 0.358 e. The van der Waals surface area contributed by atoms with E-state index >= 15 is 0 Å². The lowest BCUT2D eigenvalue weighted by Crippen LogP contribution is -2.08. The van der Waals surface area contributed by atoms with E-state index in [2.05, 4.69) is 15.5 Å². The van der Waals surface area contributed by atoms with Gasteiger partial charge in [0.15, 0.2) is 11.5 Å². The Morgan fingerprint density at radius 3 is 2.72 bits per heavy atom. The smallest absolute Gasteiger partial charge is 0.358 e. The Hall–Kier alpha value is -3.68. The average Bonchev–Trinajstić information content (AvgIpc) is 3.35. The molecule has 4 rings (SSSR count). The molecule has 2 heterocycles. The van der Waals surface area contributed by atoms with Crippen molar-refractivity contribution in [3.8, 4) is 22.8 Å². The van der Waals surface area contributed by atoms with E-state index in [1.807, 2.05) is 43.3 Å². The molecule has 2 aromatic carbocycles. The molecule has 0 amide bonds. The third-order valence-corrected chi connectivity index (χ3v) is 4.77. The molecule has 2 aromatic heterocycles. The van der Waals surface area contributed by atoms with Crippen LogP contribution in [0, 0.1) is 0 Å². The van der Waals surface area contributed by atoms with E-state index in [1.165, 1.54) is 0 Å². The van der Waals surface area contributed by atoms with Gasteiger partial charge in [0.1, 0.15) is 17.0 Å². The maximum absolute atomic E-state index is 11.6. The van der Waals surface area contributed by atoms with Crippen LogP contribution in [0.1, 0.15) is 35.9 Å². The van der Waals surface area contributed by atoms with Crippen LogP contribution in [0.25, 0.3) is 27.9 Å². The summed E-state index contributed by atoms with van der Waals surface area (Å²) < 4.78 is 12.7. The zero-order chi connectivity index (χ0) is 20.4. The first-order valence-corrected chi connectivity index (χ1v) is 9.35. The fraction of sp³-hybridized carbons (Fsp3) is 0.238. The summed E-state index contributed by atoms with van der Waals surface area (Å²) in [5.41, 5.74) is 2.61. The topological polar surface area (TPSA) is 103 Å². The minimum Gasteiger partial charge on any atom is -0.494 e. The van der Waals surface area contributed by atoms with Crippen LogP contribution in [0.15, 0.2) is 47.0 Å². The van der Waals surface area contributed by atoms with Crippen molar-refractivity contribution in [1.29, 1.82) is 0 Å². The normalized spacial score (nSPS) is 11.1. The summed E-state index contributed by atoms with van der Waals surface area (Å²) in [5.74, 6) is 0.0283. The lowest BCUT2D eigenvalue weighted by molar-refractivity contribution is 0.0689. The molecule has 1 N–H and O–H groups in total. The summed E-state index contributed by atoms with van der Waals surface area (Å²) in [7, 11) is 1.55. The molecule has 0 spiro atoms. The number of unbranched alkanes of at least 4 members (excludes halogenated alkanes) is 1. The number of benzene rings is 2. The molecule has 8 heteroatoms. The summed E-state index contributed by atoms with van der Waals surface area (Å²) in [6, 6.07) is 13.3. The minimum absolute atomic E-state index is 0.0470. The number of carbonyl (C=O) groups is 1. The molecular formula is C21H20N4O4. The van der Waals surface area contributed by atoms with Gasteiger partial charge in [0, 0.05) is 11.6 Å². The fourth-order valence-corrected chi connectivity index (χ4v) is 3.32. The Kier molecular flexibility index (Phi) is 4.99. The maximum atomic E-state index is 11.6. The number of fused-ring (bicyclic) bond motifs is 1. The Morgan fingerprint density at radius 2 is 2.03 bits per heavy atom. The summed E-state index contributed by atoms with van der Waals surface area (Å²) in [6.07, 6.45) is 2.28. The van der Waals surface area contributed by atoms with Crippen molar-refractivity contribution < 1.29 is 19.2 Å². The molecular weight excluding hydrogens is 372 g/mol. The molecule has 148 valence electrons. The van der Waals surface area contributed by atoms with Crippen molar-refractivity contribution in [3.05, 3.63) is 53.9 Å². The van der Waals surface area contributed by atoms with Gasteiger partial charge in [-0.2, -0.15) is 0 Å². The molecule has 0 aliphatic heterocycles. The molecule has 0 saturated heterocycles. The zero-order valence-electron chi connectivity index (χ0n) is 16.1. The van der Waals surface area contributed by atoms with Crippen molar-refractivity contribution >= 4 is 16.9 Å². The van der Waals surface area contributed by atoms with Crippen LogP contribution in [0.5, 0.6) is 5.75 Å². The second kappa shape index (κ2) is 7.75. The van der Waals surface area contributed by atoms with E-state index in [0.717, 1.165) is 23.8 Å². The van der Waals surface area contributed by atoms with E-state index in [9.17, 15) is 9.90 Å². The predicted octanol–water partition coefficient (Wildman–Crippen LogP) is 4.12.